The molecule has 0 spiro atoms. The third-order valence-corrected chi connectivity index (χ3v) is 8.48. The first-order chi connectivity index (χ1) is 13.8. The lowest BCUT2D eigenvalue weighted by Gasteiger charge is -2.19. The molecular weight excluding hydrogens is 469 g/mol. The van der Waals surface area contributed by atoms with Crippen LogP contribution in [-0.4, -0.2) is 14.3 Å². The molecule has 2 aromatic carbocycles. The summed E-state index contributed by atoms with van der Waals surface area (Å²) in [6, 6.07) is 13.4. The summed E-state index contributed by atoms with van der Waals surface area (Å²) in [7, 11) is -3.71. The van der Waals surface area contributed by atoms with Crippen LogP contribution >= 0.6 is 46.3 Å². The monoisotopic (exact) mass is 481 g/mol. The number of carbonyl (C=O) groups excluding carboxylic acids is 1. The number of sulfone groups is 1. The van der Waals surface area contributed by atoms with E-state index in [4.69, 9.17) is 23.2 Å². The van der Waals surface area contributed by atoms with E-state index in [1.807, 2.05) is 23.6 Å². The number of rotatable bonds is 4. The summed E-state index contributed by atoms with van der Waals surface area (Å²) >= 11 is 15.1. The van der Waals surface area contributed by atoms with Crippen LogP contribution in [0.3, 0.4) is 0 Å². The normalized spacial score (nSPS) is 15.2. The van der Waals surface area contributed by atoms with Crippen LogP contribution in [0.25, 0.3) is 6.08 Å². The second-order valence-electron chi connectivity index (χ2n) is 6.20. The Kier molecular flexibility index (Phi) is 5.77. The number of hydrogen-bond donors (Lipinski definition) is 1. The number of amides is 1. The van der Waals surface area contributed by atoms with Gasteiger partial charge in [-0.15, -0.1) is 11.3 Å². The minimum atomic E-state index is -3.71. The van der Waals surface area contributed by atoms with Gasteiger partial charge in [-0.3, -0.25) is 4.79 Å². The predicted molar refractivity (Wildman–Crippen MR) is 121 cm³/mol. The fourth-order valence-corrected chi connectivity index (χ4v) is 6.55. The van der Waals surface area contributed by atoms with Crippen molar-refractivity contribution in [2.75, 3.05) is 5.32 Å². The van der Waals surface area contributed by atoms with Crippen molar-refractivity contribution >= 4 is 73.8 Å². The zero-order chi connectivity index (χ0) is 20.6. The molecular formula is C20H13Cl2NO3S3. The summed E-state index contributed by atoms with van der Waals surface area (Å²) in [5, 5.41) is 5.32. The molecule has 1 aliphatic heterocycles. The van der Waals surface area contributed by atoms with Gasteiger partial charge in [-0.1, -0.05) is 47.1 Å². The standard InChI is InChI=1S/C20H13Cl2NO3S3/c21-15-4-1-5-16(22)14(15)11-29(25,26)13-6-7-18-17(10-13)23-20(24)19(28-18)9-12-3-2-8-27-12/h1-10H,11H2,(H,23,24). The number of carbonyl (C=O) groups is 1. The molecule has 0 unspecified atom stereocenters. The molecule has 1 amide bonds. The first-order valence-electron chi connectivity index (χ1n) is 8.37. The highest BCUT2D eigenvalue weighted by molar-refractivity contribution is 8.04. The number of thiophene rings is 1. The Hall–Kier alpha value is -1.77. The highest BCUT2D eigenvalue weighted by Crippen LogP contribution is 2.40. The first kappa shape index (κ1) is 20.5. The maximum absolute atomic E-state index is 12.9. The van der Waals surface area contributed by atoms with Gasteiger partial charge < -0.3 is 5.32 Å². The van der Waals surface area contributed by atoms with E-state index in [-0.39, 0.29) is 16.6 Å². The highest BCUT2D eigenvalue weighted by atomic mass is 35.5. The van der Waals surface area contributed by atoms with Crippen LogP contribution in [0.5, 0.6) is 0 Å². The number of halogens is 2. The Bertz CT molecular complexity index is 1220. The molecule has 9 heteroatoms. The van der Waals surface area contributed by atoms with Crippen molar-refractivity contribution in [2.45, 2.75) is 15.5 Å². The van der Waals surface area contributed by atoms with Gasteiger partial charge >= 0.3 is 0 Å². The molecule has 3 aromatic rings. The molecule has 1 aromatic heterocycles. The molecule has 2 heterocycles. The van der Waals surface area contributed by atoms with Gasteiger partial charge in [0, 0.05) is 25.4 Å². The average Bonchev–Trinajstić information content (AvgIpc) is 3.18. The molecule has 0 atom stereocenters. The molecule has 4 nitrogen and oxygen atoms in total. The SMILES string of the molecule is O=C1Nc2cc(S(=O)(=O)Cc3c(Cl)cccc3Cl)ccc2SC1=Cc1cccs1. The van der Waals surface area contributed by atoms with Crippen molar-refractivity contribution in [3.8, 4) is 0 Å². The maximum atomic E-state index is 12.9. The zero-order valence-corrected chi connectivity index (χ0v) is 18.6. The lowest BCUT2D eigenvalue weighted by molar-refractivity contribution is -0.112. The van der Waals surface area contributed by atoms with Crippen molar-refractivity contribution in [1.29, 1.82) is 0 Å². The van der Waals surface area contributed by atoms with Crippen LogP contribution in [-0.2, 0) is 20.4 Å². The smallest absolute Gasteiger partial charge is 0.262 e. The highest BCUT2D eigenvalue weighted by Gasteiger charge is 2.25. The van der Waals surface area contributed by atoms with E-state index in [9.17, 15) is 13.2 Å². The number of thioether (sulfide) groups is 1. The van der Waals surface area contributed by atoms with Gasteiger partial charge in [-0.2, -0.15) is 0 Å². The molecule has 148 valence electrons. The Morgan fingerprint density at radius 3 is 2.48 bits per heavy atom. The van der Waals surface area contributed by atoms with E-state index >= 15 is 0 Å². The summed E-state index contributed by atoms with van der Waals surface area (Å²) in [6.07, 6.45) is 1.82. The third-order valence-electron chi connectivity index (χ3n) is 4.21. The van der Waals surface area contributed by atoms with E-state index in [0.29, 0.717) is 26.2 Å². The summed E-state index contributed by atoms with van der Waals surface area (Å²) < 4.78 is 25.8. The number of benzene rings is 2. The third kappa shape index (κ3) is 4.39. The lowest BCUT2D eigenvalue weighted by atomic mass is 10.2. The largest absolute Gasteiger partial charge is 0.320 e. The van der Waals surface area contributed by atoms with Crippen molar-refractivity contribution in [1.82, 2.24) is 0 Å². The second kappa shape index (κ2) is 8.16. The first-order valence-corrected chi connectivity index (χ1v) is 12.5. The Morgan fingerprint density at radius 2 is 1.79 bits per heavy atom. The van der Waals surface area contributed by atoms with Crippen LogP contribution in [0.2, 0.25) is 10.0 Å². The van der Waals surface area contributed by atoms with Gasteiger partial charge in [-0.25, -0.2) is 8.42 Å². The molecule has 0 bridgehead atoms. The second-order valence-corrected chi connectivity index (χ2v) is 11.1. The van der Waals surface area contributed by atoms with Gasteiger partial charge in [0.25, 0.3) is 5.91 Å². The molecule has 1 aliphatic rings. The Labute approximate surface area is 186 Å². The number of anilines is 1. The molecule has 0 radical (unpaired) electrons. The van der Waals surface area contributed by atoms with Crippen molar-refractivity contribution in [3.05, 3.63) is 79.3 Å². The van der Waals surface area contributed by atoms with Gasteiger partial charge in [0.15, 0.2) is 9.84 Å². The molecule has 0 fully saturated rings. The van der Waals surface area contributed by atoms with Crippen LogP contribution in [0.15, 0.2) is 68.6 Å². The minimum Gasteiger partial charge on any atom is -0.320 e. The van der Waals surface area contributed by atoms with E-state index in [1.165, 1.54) is 35.2 Å². The van der Waals surface area contributed by atoms with Crippen molar-refractivity contribution < 1.29 is 13.2 Å². The molecule has 1 N–H and O–H groups in total. The molecule has 0 saturated heterocycles. The fraction of sp³-hybridized carbons (Fsp3) is 0.0500. The Balaban J connectivity index is 1.64. The van der Waals surface area contributed by atoms with Gasteiger partial charge in [-0.05, 0) is 47.9 Å². The van der Waals surface area contributed by atoms with Crippen LogP contribution < -0.4 is 5.32 Å². The van der Waals surface area contributed by atoms with Crippen LogP contribution in [0, 0.1) is 0 Å². The van der Waals surface area contributed by atoms with Crippen LogP contribution in [0.4, 0.5) is 5.69 Å². The van der Waals surface area contributed by atoms with Gasteiger partial charge in [0.2, 0.25) is 0 Å². The molecule has 4 rings (SSSR count). The van der Waals surface area contributed by atoms with E-state index in [1.54, 1.807) is 24.3 Å². The fourth-order valence-electron chi connectivity index (χ4n) is 2.78. The summed E-state index contributed by atoms with van der Waals surface area (Å²) in [6.45, 7) is 0. The van der Waals surface area contributed by atoms with Crippen molar-refractivity contribution in [3.63, 3.8) is 0 Å². The quantitative estimate of drug-likeness (QED) is 0.456. The molecule has 0 saturated carbocycles. The van der Waals surface area contributed by atoms with Crippen LogP contribution in [0.1, 0.15) is 10.4 Å². The van der Waals surface area contributed by atoms with E-state index < -0.39 is 9.84 Å². The lowest BCUT2D eigenvalue weighted by Crippen LogP contribution is -2.18. The molecule has 0 aliphatic carbocycles. The van der Waals surface area contributed by atoms with E-state index in [0.717, 1.165) is 9.77 Å². The average molecular weight is 482 g/mol. The molecule has 29 heavy (non-hydrogen) atoms. The number of hydrogen-bond acceptors (Lipinski definition) is 5. The predicted octanol–water partition coefficient (Wildman–Crippen LogP) is 6.11. The summed E-state index contributed by atoms with van der Waals surface area (Å²) in [4.78, 5) is 14.8. The maximum Gasteiger partial charge on any atom is 0.262 e. The Morgan fingerprint density at radius 1 is 1.03 bits per heavy atom. The van der Waals surface area contributed by atoms with Gasteiger partial charge in [0.05, 0.1) is 21.2 Å². The number of nitrogens with one attached hydrogen (secondary N) is 1. The van der Waals surface area contributed by atoms with E-state index in [2.05, 4.69) is 5.32 Å². The van der Waals surface area contributed by atoms with Gasteiger partial charge in [0.1, 0.15) is 0 Å². The number of fused-ring (bicyclic) bond motifs is 1. The van der Waals surface area contributed by atoms with Crippen molar-refractivity contribution in [2.24, 2.45) is 0 Å². The summed E-state index contributed by atoms with van der Waals surface area (Å²) in [5.74, 6) is -0.589. The zero-order valence-electron chi connectivity index (χ0n) is 14.7. The summed E-state index contributed by atoms with van der Waals surface area (Å²) in [5.41, 5.74) is 0.822. The minimum absolute atomic E-state index is 0.0961. The topological polar surface area (TPSA) is 63.2 Å².